The van der Waals surface area contributed by atoms with Crippen molar-refractivity contribution in [1.29, 1.82) is 0 Å². The monoisotopic (exact) mass is 302 g/mol. The van der Waals surface area contributed by atoms with Crippen molar-refractivity contribution in [2.75, 3.05) is 0 Å². The van der Waals surface area contributed by atoms with Gasteiger partial charge in [0, 0.05) is 0 Å². The van der Waals surface area contributed by atoms with Gasteiger partial charge in [0.15, 0.2) is 0 Å². The third kappa shape index (κ3) is 0.0815. The fourth-order valence-electron chi connectivity index (χ4n) is 18.1. The van der Waals surface area contributed by atoms with Gasteiger partial charge >= 0.3 is 99.6 Å². The quantitative estimate of drug-likeness (QED) is 0.668. The van der Waals surface area contributed by atoms with Gasteiger partial charge < -0.3 is 0 Å². The van der Waals surface area contributed by atoms with Gasteiger partial charge in [-0.3, -0.25) is 0 Å². The molecule has 0 radical (unpaired) electrons. The molecule has 100 valence electrons. The van der Waals surface area contributed by atoms with Crippen LogP contribution in [0.2, 0.25) is 67.3 Å². The zero-order valence-corrected chi connectivity index (χ0v) is 13.6. The summed E-state index contributed by atoms with van der Waals surface area (Å²) in [5.41, 5.74) is 0. The maximum atomic E-state index is 6.74. The molecule has 10 aliphatic heterocycles. The molecule has 1 nitrogen and oxygen atoms in total. The molecule has 5 atom stereocenters. The van der Waals surface area contributed by atoms with E-state index < -0.39 is 14.8 Å². The molecule has 18 heavy (non-hydrogen) atoms. The average Bonchev–Trinajstić information content (AvgIpc) is 3.21. The minimum absolute atomic E-state index is 0.707. The van der Waals surface area contributed by atoms with Crippen LogP contribution in [0.25, 0.3) is 0 Å². The van der Waals surface area contributed by atoms with E-state index in [2.05, 4.69) is 26.6 Å². The number of hydrogen-bond donors (Lipinski definition) is 0. The van der Waals surface area contributed by atoms with Crippen molar-refractivity contribution in [2.24, 2.45) is 0 Å². The van der Waals surface area contributed by atoms with Gasteiger partial charge in [0.25, 0.3) is 0 Å². The van der Waals surface area contributed by atoms with Crippen LogP contribution in [0.1, 0.15) is 6.92 Å². The summed E-state index contributed by atoms with van der Waals surface area (Å²) in [6, 6.07) is 0. The summed E-state index contributed by atoms with van der Waals surface area (Å²) in [7, 11) is -1.33. The summed E-state index contributed by atoms with van der Waals surface area (Å²) in [6.45, 7) is 6.93. The Hall–Kier alpha value is 0.696. The van der Waals surface area contributed by atoms with Gasteiger partial charge in [-0.25, -0.2) is 0 Å². The van der Waals surface area contributed by atoms with E-state index in [1.54, 1.807) is 0 Å². The minimum atomic E-state index is -2.84. The first kappa shape index (κ1) is 7.63. The Morgan fingerprint density at radius 3 is 1.56 bits per heavy atom. The predicted molar refractivity (Wildman–Crippen MR) is 70.3 cm³/mol. The van der Waals surface area contributed by atoms with Crippen LogP contribution in [0.3, 0.4) is 0 Å². The van der Waals surface area contributed by atoms with Crippen LogP contribution in [0.5, 0.6) is 0 Å². The van der Waals surface area contributed by atoms with Crippen molar-refractivity contribution >= 4 is 8.32 Å². The first-order chi connectivity index (χ1) is 8.17. The van der Waals surface area contributed by atoms with E-state index in [0.29, 0.717) is 6.10 Å². The van der Waals surface area contributed by atoms with Crippen LogP contribution < -0.4 is 0 Å². The fraction of sp³-hybridized carbons (Fsp3) is 1.00. The standard InChI is InChI=1S/C10H17OSi.C5H5.Fe/c1-9(11-12(2,3)4)10-7-5-6-8-10;1-2-4-5-3-1;/h5-9H,1-4H3;1-5H;. The van der Waals surface area contributed by atoms with Gasteiger partial charge in [-0.1, -0.05) is 0 Å². The molecule has 0 N–H and O–H groups in total. The summed E-state index contributed by atoms with van der Waals surface area (Å²) in [5.74, 6) is 0. The van der Waals surface area contributed by atoms with Crippen LogP contribution >= 0.6 is 0 Å². The summed E-state index contributed by atoms with van der Waals surface area (Å²) in [6.07, 6.45) is 0.707. The second kappa shape index (κ2) is 0.627. The molecule has 10 aliphatic rings. The fourth-order valence-corrected chi connectivity index (χ4v) is 95.0. The summed E-state index contributed by atoms with van der Waals surface area (Å²) < 4.78 is 7.71. The molecule has 10 saturated heterocycles. The Kier molecular flexibility index (Phi) is 0.266. The van der Waals surface area contributed by atoms with Crippen molar-refractivity contribution in [3.8, 4) is 0 Å². The van der Waals surface area contributed by atoms with Gasteiger partial charge in [0.05, 0.1) is 0 Å². The topological polar surface area (TPSA) is 9.23 Å². The van der Waals surface area contributed by atoms with Gasteiger partial charge in [0.1, 0.15) is 0 Å². The predicted octanol–water partition coefficient (Wildman–Crippen LogP) is 4.99. The normalized spacial score (nSPS) is 116. The molecule has 10 fully saturated rings. The van der Waals surface area contributed by atoms with E-state index in [9.17, 15) is 0 Å². The molecule has 0 aliphatic carbocycles. The second-order valence-corrected chi connectivity index (χ2v) is 40.7. The molecule has 1 spiro atoms. The van der Waals surface area contributed by atoms with Gasteiger partial charge in [-0.05, 0) is 0 Å². The van der Waals surface area contributed by atoms with Crippen LogP contribution in [0, 0.1) is 0 Å². The Balaban J connectivity index is 1.42. The molecule has 0 amide bonds. The molecule has 0 aromatic carbocycles. The summed E-state index contributed by atoms with van der Waals surface area (Å²) in [5, 5.41) is 0. The van der Waals surface area contributed by atoms with E-state index in [0.717, 1.165) is 4.31 Å². The zero-order valence-electron chi connectivity index (χ0n) is 11.5. The molecule has 3 heteroatoms. The van der Waals surface area contributed by atoms with Gasteiger partial charge in [0.2, 0.25) is 0 Å². The van der Waals surface area contributed by atoms with Crippen molar-refractivity contribution in [3.05, 3.63) is 0 Å². The third-order valence-corrected chi connectivity index (χ3v) is 59.8. The van der Waals surface area contributed by atoms with Crippen molar-refractivity contribution in [1.82, 2.24) is 0 Å². The van der Waals surface area contributed by atoms with Crippen molar-refractivity contribution in [2.45, 2.75) is 80.3 Å². The molecule has 0 saturated carbocycles. The van der Waals surface area contributed by atoms with Crippen LogP contribution in [0.15, 0.2) is 0 Å². The second-order valence-electron chi connectivity index (χ2n) is 12.6. The Bertz CT molecular complexity index is 908. The Morgan fingerprint density at radius 1 is 0.889 bits per heavy atom. The molecule has 10 heterocycles. The van der Waals surface area contributed by atoms with Crippen molar-refractivity contribution < 1.29 is 10.9 Å². The molecule has 0 bridgehead atoms. The third-order valence-electron chi connectivity index (χ3n) is 15.9. The van der Waals surface area contributed by atoms with Crippen LogP contribution in [-0.2, 0) is 10.9 Å². The van der Waals surface area contributed by atoms with Gasteiger partial charge in [-0.2, -0.15) is 0 Å². The number of hydrogen-bond acceptors (Lipinski definition) is 1. The molecular weight excluding hydrogens is 280 g/mol. The van der Waals surface area contributed by atoms with E-state index in [-0.39, 0.29) is 0 Å². The number of rotatable bonds is 3. The zero-order chi connectivity index (χ0) is 11.8. The molecule has 0 aromatic rings. The first-order valence-electron chi connectivity index (χ1n) is 8.06. The Morgan fingerprint density at radius 2 is 1.33 bits per heavy atom. The average molecular weight is 302 g/mol. The summed E-state index contributed by atoms with van der Waals surface area (Å²) >= 11 is 0. The molecule has 5 unspecified atom stereocenters. The maximum absolute atomic E-state index is 6.74. The molecular formula is C15H22FeOSi. The SMILES string of the molecule is CC(O[Si](C)(C)C)[C]12[CH]3[CH]4[CH]5[CH]1[Fe]45321678[CH]2[CH]1[CH]6[CH]7[CH]28. The molecule has 10 rings (SSSR count). The Labute approximate surface area is 99.5 Å². The molecule has 0 aromatic heterocycles. The van der Waals surface area contributed by atoms with E-state index >= 15 is 0 Å². The number of fused-ring (bicyclic) bond motifs is 10. The van der Waals surface area contributed by atoms with E-state index in [1.807, 2.05) is 0 Å². The van der Waals surface area contributed by atoms with Crippen molar-refractivity contribution in [3.63, 3.8) is 0 Å². The van der Waals surface area contributed by atoms with Gasteiger partial charge in [-0.15, -0.1) is 0 Å². The van der Waals surface area contributed by atoms with Crippen LogP contribution in [-0.4, -0.2) is 14.4 Å². The van der Waals surface area contributed by atoms with E-state index in [4.69, 9.17) is 4.43 Å². The van der Waals surface area contributed by atoms with Crippen LogP contribution in [0.4, 0.5) is 0 Å². The summed E-state index contributed by atoms with van der Waals surface area (Å²) in [4.78, 5) is 13.1. The first-order valence-corrected chi connectivity index (χ1v) is 17.8. The van der Waals surface area contributed by atoms with E-state index in [1.165, 1.54) is 43.3 Å².